The van der Waals surface area contributed by atoms with Gasteiger partial charge in [0.25, 0.3) is 0 Å². The lowest BCUT2D eigenvalue weighted by atomic mass is 9.92. The lowest BCUT2D eigenvalue weighted by Gasteiger charge is -2.26. The first-order valence-electron chi connectivity index (χ1n) is 7.59. The van der Waals surface area contributed by atoms with E-state index in [4.69, 9.17) is 10.5 Å². The fourth-order valence-corrected chi connectivity index (χ4v) is 2.67. The van der Waals surface area contributed by atoms with Crippen molar-refractivity contribution in [3.63, 3.8) is 0 Å². The van der Waals surface area contributed by atoms with Crippen LogP contribution in [0, 0.1) is 11.7 Å². The lowest BCUT2D eigenvalue weighted by molar-refractivity contribution is -0.119. The normalized spacial score (nSPS) is 17.0. The summed E-state index contributed by atoms with van der Waals surface area (Å²) in [6.07, 6.45) is 4.60. The highest BCUT2D eigenvalue weighted by Gasteiger charge is 2.26. The number of carbonyl (C=O) groups excluding carboxylic acids is 1. The summed E-state index contributed by atoms with van der Waals surface area (Å²) in [4.78, 5) is 12.2. The molecular weight excluding hydrogens is 299 g/mol. The fraction of sp³-hybridized carbons (Fsp3) is 0.375. The number of rotatable bonds is 4. The van der Waals surface area contributed by atoms with Crippen LogP contribution in [-0.4, -0.2) is 34.9 Å². The van der Waals surface area contributed by atoms with E-state index in [1.807, 2.05) is 0 Å². The Morgan fingerprint density at radius 3 is 2.87 bits per heavy atom. The van der Waals surface area contributed by atoms with Gasteiger partial charge in [0, 0.05) is 13.2 Å². The Hall–Kier alpha value is -2.25. The SMILES string of the molecule is NC(C(=O)Nc1cnn(-c2ccccc2F)c1)C1CCOCC1. The van der Waals surface area contributed by atoms with Gasteiger partial charge in [0.05, 0.1) is 24.1 Å². The van der Waals surface area contributed by atoms with Crippen molar-refractivity contribution in [1.82, 2.24) is 9.78 Å². The first-order chi connectivity index (χ1) is 11.1. The average molecular weight is 318 g/mol. The van der Waals surface area contributed by atoms with E-state index in [2.05, 4.69) is 10.4 Å². The first-order valence-corrected chi connectivity index (χ1v) is 7.59. The predicted octanol–water partition coefficient (Wildman–Crippen LogP) is 1.70. The maximum atomic E-state index is 13.7. The monoisotopic (exact) mass is 318 g/mol. The van der Waals surface area contributed by atoms with Crippen molar-refractivity contribution in [3.8, 4) is 5.69 Å². The minimum Gasteiger partial charge on any atom is -0.381 e. The molecule has 0 spiro atoms. The largest absolute Gasteiger partial charge is 0.381 e. The van der Waals surface area contributed by atoms with E-state index < -0.39 is 6.04 Å². The van der Waals surface area contributed by atoms with Gasteiger partial charge in [-0.05, 0) is 30.9 Å². The molecule has 23 heavy (non-hydrogen) atoms. The second kappa shape index (κ2) is 6.89. The summed E-state index contributed by atoms with van der Waals surface area (Å²) in [5.74, 6) is -0.525. The zero-order valence-corrected chi connectivity index (χ0v) is 12.6. The Kier molecular flexibility index (Phi) is 4.68. The molecule has 6 nitrogen and oxygen atoms in total. The number of halogens is 1. The van der Waals surface area contributed by atoms with Gasteiger partial charge in [-0.25, -0.2) is 9.07 Å². The molecule has 122 valence electrons. The summed E-state index contributed by atoms with van der Waals surface area (Å²) in [5.41, 5.74) is 6.83. The van der Waals surface area contributed by atoms with Crippen LogP contribution in [0.15, 0.2) is 36.7 Å². The van der Waals surface area contributed by atoms with E-state index in [1.165, 1.54) is 16.9 Å². The van der Waals surface area contributed by atoms with Crippen LogP contribution in [0.4, 0.5) is 10.1 Å². The van der Waals surface area contributed by atoms with E-state index in [1.54, 1.807) is 24.4 Å². The number of para-hydroxylation sites is 1. The minimum atomic E-state index is -0.587. The number of amides is 1. The number of nitrogens with zero attached hydrogens (tertiary/aromatic N) is 2. The van der Waals surface area contributed by atoms with Gasteiger partial charge in [0.15, 0.2) is 0 Å². The second-order valence-electron chi connectivity index (χ2n) is 5.59. The molecule has 1 aliphatic heterocycles. The van der Waals surface area contributed by atoms with Crippen LogP contribution in [0.2, 0.25) is 0 Å². The van der Waals surface area contributed by atoms with Crippen molar-refractivity contribution in [1.29, 1.82) is 0 Å². The van der Waals surface area contributed by atoms with Gasteiger partial charge in [-0.3, -0.25) is 4.79 Å². The van der Waals surface area contributed by atoms with Crippen molar-refractivity contribution in [2.45, 2.75) is 18.9 Å². The van der Waals surface area contributed by atoms with Crippen LogP contribution in [-0.2, 0) is 9.53 Å². The van der Waals surface area contributed by atoms with E-state index in [9.17, 15) is 9.18 Å². The highest BCUT2D eigenvalue weighted by molar-refractivity contribution is 5.94. The molecule has 1 aromatic heterocycles. The Balaban J connectivity index is 1.66. The van der Waals surface area contributed by atoms with Crippen molar-refractivity contribution >= 4 is 11.6 Å². The highest BCUT2D eigenvalue weighted by atomic mass is 19.1. The number of benzene rings is 1. The number of aromatic nitrogens is 2. The van der Waals surface area contributed by atoms with Gasteiger partial charge in [0.1, 0.15) is 11.5 Å². The molecule has 1 unspecified atom stereocenters. The summed E-state index contributed by atoms with van der Waals surface area (Å²) in [6, 6.07) is 5.71. The van der Waals surface area contributed by atoms with Crippen LogP contribution in [0.3, 0.4) is 0 Å². The van der Waals surface area contributed by atoms with Crippen molar-refractivity contribution in [3.05, 3.63) is 42.5 Å². The van der Waals surface area contributed by atoms with E-state index in [0.717, 1.165) is 12.8 Å². The van der Waals surface area contributed by atoms with Gasteiger partial charge >= 0.3 is 0 Å². The Morgan fingerprint density at radius 2 is 2.13 bits per heavy atom. The Bertz CT molecular complexity index is 682. The van der Waals surface area contributed by atoms with Crippen LogP contribution in [0.5, 0.6) is 0 Å². The second-order valence-corrected chi connectivity index (χ2v) is 5.59. The molecule has 1 amide bonds. The summed E-state index contributed by atoms with van der Waals surface area (Å²) < 4.78 is 20.4. The van der Waals surface area contributed by atoms with Gasteiger partial charge in [-0.1, -0.05) is 12.1 Å². The van der Waals surface area contributed by atoms with Crippen LogP contribution < -0.4 is 11.1 Å². The summed E-state index contributed by atoms with van der Waals surface area (Å²) >= 11 is 0. The molecule has 0 aliphatic carbocycles. The zero-order chi connectivity index (χ0) is 16.2. The third-order valence-corrected chi connectivity index (χ3v) is 4.03. The Morgan fingerprint density at radius 1 is 1.39 bits per heavy atom. The number of nitrogens with one attached hydrogen (secondary N) is 1. The molecule has 1 aliphatic rings. The van der Waals surface area contributed by atoms with Gasteiger partial charge in [-0.15, -0.1) is 0 Å². The van der Waals surface area contributed by atoms with Crippen LogP contribution in [0.25, 0.3) is 5.69 Å². The molecule has 2 heterocycles. The number of anilines is 1. The Labute approximate surface area is 133 Å². The van der Waals surface area contributed by atoms with Crippen LogP contribution in [0.1, 0.15) is 12.8 Å². The number of carbonyl (C=O) groups is 1. The highest BCUT2D eigenvalue weighted by Crippen LogP contribution is 2.19. The third-order valence-electron chi connectivity index (χ3n) is 4.03. The van der Waals surface area contributed by atoms with Crippen molar-refractivity contribution in [2.24, 2.45) is 11.7 Å². The van der Waals surface area contributed by atoms with E-state index >= 15 is 0 Å². The van der Waals surface area contributed by atoms with Gasteiger partial charge in [0.2, 0.25) is 5.91 Å². The first kappa shape index (κ1) is 15.6. The minimum absolute atomic E-state index is 0.116. The molecular formula is C16H19FN4O2. The zero-order valence-electron chi connectivity index (χ0n) is 12.6. The summed E-state index contributed by atoms with van der Waals surface area (Å²) in [5, 5.41) is 6.81. The lowest BCUT2D eigenvalue weighted by Crippen LogP contribution is -2.43. The van der Waals surface area contributed by atoms with Crippen molar-refractivity contribution in [2.75, 3.05) is 18.5 Å². The summed E-state index contributed by atoms with van der Waals surface area (Å²) in [6.45, 7) is 1.27. The quantitative estimate of drug-likeness (QED) is 0.899. The topological polar surface area (TPSA) is 82.2 Å². The number of hydrogen-bond donors (Lipinski definition) is 2. The molecule has 1 atom stereocenters. The molecule has 0 radical (unpaired) electrons. The predicted molar refractivity (Wildman–Crippen MR) is 83.7 cm³/mol. The van der Waals surface area contributed by atoms with Gasteiger partial charge < -0.3 is 15.8 Å². The fourth-order valence-electron chi connectivity index (χ4n) is 2.67. The molecule has 0 bridgehead atoms. The maximum absolute atomic E-state index is 13.7. The van der Waals surface area contributed by atoms with Crippen LogP contribution >= 0.6 is 0 Å². The van der Waals surface area contributed by atoms with Crippen molar-refractivity contribution < 1.29 is 13.9 Å². The number of hydrogen-bond acceptors (Lipinski definition) is 4. The molecule has 1 saturated heterocycles. The molecule has 1 fully saturated rings. The van der Waals surface area contributed by atoms with Gasteiger partial charge in [-0.2, -0.15) is 5.10 Å². The smallest absolute Gasteiger partial charge is 0.241 e. The molecule has 2 aromatic rings. The van der Waals surface area contributed by atoms with E-state index in [0.29, 0.717) is 24.6 Å². The summed E-state index contributed by atoms with van der Waals surface area (Å²) in [7, 11) is 0. The average Bonchev–Trinajstić information content (AvgIpc) is 3.03. The molecule has 1 aromatic carbocycles. The third kappa shape index (κ3) is 3.57. The van der Waals surface area contributed by atoms with E-state index in [-0.39, 0.29) is 17.6 Å². The number of ether oxygens (including phenoxy) is 1. The number of nitrogens with two attached hydrogens (primary N) is 1. The molecule has 3 rings (SSSR count). The maximum Gasteiger partial charge on any atom is 0.241 e. The molecule has 0 saturated carbocycles. The molecule has 7 heteroatoms. The standard InChI is InChI=1S/C16H19FN4O2/c17-13-3-1-2-4-14(13)21-10-12(9-19-21)20-16(22)15(18)11-5-7-23-8-6-11/h1-4,9-11,15H,5-8,18H2,(H,20,22). The molecule has 3 N–H and O–H groups in total.